The fourth-order valence-corrected chi connectivity index (χ4v) is 4.74. The molecule has 8 heteroatoms. The van der Waals surface area contributed by atoms with Gasteiger partial charge in [0.1, 0.15) is 23.3 Å². The third kappa shape index (κ3) is 3.86. The molecule has 5 rings (SSSR count). The van der Waals surface area contributed by atoms with E-state index in [0.29, 0.717) is 17.8 Å². The number of thiophene rings is 1. The summed E-state index contributed by atoms with van der Waals surface area (Å²) in [7, 11) is 2.03. The fourth-order valence-electron chi connectivity index (χ4n) is 3.77. The van der Waals surface area contributed by atoms with Gasteiger partial charge in [-0.25, -0.2) is 14.6 Å². The molecule has 5 aromatic rings. The Balaban J connectivity index is 1.36. The zero-order valence-electron chi connectivity index (χ0n) is 17.8. The lowest BCUT2D eigenvalue weighted by Gasteiger charge is -2.24. The van der Waals surface area contributed by atoms with Crippen molar-refractivity contribution in [2.24, 2.45) is 0 Å². The van der Waals surface area contributed by atoms with Crippen molar-refractivity contribution in [2.45, 2.75) is 19.5 Å². The molecule has 1 unspecified atom stereocenters. The first-order valence-corrected chi connectivity index (χ1v) is 11.2. The molecule has 160 valence electrons. The maximum Gasteiger partial charge on any atom is 0.260 e. The average Bonchev–Trinajstić information content (AvgIpc) is 3.50. The van der Waals surface area contributed by atoms with Crippen molar-refractivity contribution in [3.63, 3.8) is 0 Å². The van der Waals surface area contributed by atoms with E-state index in [2.05, 4.69) is 39.0 Å². The molecule has 3 heterocycles. The number of hydrogen-bond acceptors (Lipinski definition) is 6. The van der Waals surface area contributed by atoms with Crippen LogP contribution in [-0.2, 0) is 6.54 Å². The fraction of sp³-hybridized carbons (Fsp3) is 0.167. The Morgan fingerprint density at radius 1 is 1.12 bits per heavy atom. The molecule has 1 N–H and O–H groups in total. The molecular formula is C24H22N6OS. The van der Waals surface area contributed by atoms with Gasteiger partial charge in [-0.2, -0.15) is 5.10 Å². The Hall–Kier alpha value is -3.62. The molecule has 0 aliphatic carbocycles. The molecule has 0 saturated heterocycles. The van der Waals surface area contributed by atoms with Gasteiger partial charge in [-0.1, -0.05) is 42.5 Å². The third-order valence-corrected chi connectivity index (χ3v) is 6.57. The van der Waals surface area contributed by atoms with Crippen molar-refractivity contribution in [2.75, 3.05) is 7.05 Å². The molecule has 0 fully saturated rings. The van der Waals surface area contributed by atoms with Gasteiger partial charge in [0.15, 0.2) is 0 Å². The Bertz CT molecular complexity index is 1390. The number of benzene rings is 2. The molecule has 7 nitrogen and oxygen atoms in total. The highest BCUT2D eigenvalue weighted by Gasteiger charge is 2.16. The highest BCUT2D eigenvalue weighted by molar-refractivity contribution is 7.17. The molecule has 1 atom stereocenters. The van der Waals surface area contributed by atoms with E-state index in [9.17, 15) is 4.79 Å². The van der Waals surface area contributed by atoms with Crippen molar-refractivity contribution in [1.82, 2.24) is 29.6 Å². The van der Waals surface area contributed by atoms with Crippen LogP contribution in [0.4, 0.5) is 0 Å². The Morgan fingerprint density at radius 2 is 1.91 bits per heavy atom. The largest absolute Gasteiger partial charge is 0.309 e. The molecule has 0 radical (unpaired) electrons. The molecule has 32 heavy (non-hydrogen) atoms. The number of nitrogens with zero attached hydrogens (tertiary/aromatic N) is 5. The lowest BCUT2D eigenvalue weighted by molar-refractivity contribution is 0.247. The Labute approximate surface area is 189 Å². The van der Waals surface area contributed by atoms with Crippen molar-refractivity contribution in [1.29, 1.82) is 0 Å². The minimum atomic E-state index is -0.0941. The number of aromatic amines is 1. The van der Waals surface area contributed by atoms with E-state index < -0.39 is 0 Å². The molecule has 0 amide bonds. The molecular weight excluding hydrogens is 420 g/mol. The summed E-state index contributed by atoms with van der Waals surface area (Å²) in [5.74, 6) is 0.664. The summed E-state index contributed by atoms with van der Waals surface area (Å²) in [6.07, 6.45) is 3.20. The van der Waals surface area contributed by atoms with Crippen LogP contribution in [0.5, 0.6) is 0 Å². The van der Waals surface area contributed by atoms with Crippen LogP contribution in [0, 0.1) is 0 Å². The van der Waals surface area contributed by atoms with Crippen LogP contribution in [-0.4, -0.2) is 36.7 Å². The van der Waals surface area contributed by atoms with E-state index >= 15 is 0 Å². The molecule has 0 aliphatic rings. The standard InChI is InChI=1S/C24H22N6OS/c1-16(17-8-10-19(11-9-17)30-15-25-14-26-30)29(2)12-21-27-23(31)22-20(13-32-24(22)28-21)18-6-4-3-5-7-18/h3-11,13-16H,12H2,1-2H3,(H,27,28,31). The maximum absolute atomic E-state index is 12.9. The van der Waals surface area contributed by atoms with Gasteiger partial charge in [0.2, 0.25) is 0 Å². The van der Waals surface area contributed by atoms with E-state index in [0.717, 1.165) is 21.6 Å². The summed E-state index contributed by atoms with van der Waals surface area (Å²) < 4.78 is 1.73. The normalized spacial score (nSPS) is 12.5. The summed E-state index contributed by atoms with van der Waals surface area (Å²) in [6, 6.07) is 18.3. The van der Waals surface area contributed by atoms with Gasteiger partial charge in [0, 0.05) is 17.0 Å². The lowest BCUT2D eigenvalue weighted by Crippen LogP contribution is -2.25. The number of H-pyrrole nitrogens is 1. The van der Waals surface area contributed by atoms with Crippen LogP contribution in [0.25, 0.3) is 27.0 Å². The molecule has 0 saturated carbocycles. The van der Waals surface area contributed by atoms with Gasteiger partial charge in [-0.3, -0.25) is 9.69 Å². The quantitative estimate of drug-likeness (QED) is 0.421. The highest BCUT2D eigenvalue weighted by Crippen LogP contribution is 2.30. The van der Waals surface area contributed by atoms with Gasteiger partial charge in [-0.15, -0.1) is 11.3 Å². The number of rotatable bonds is 6. The molecule has 0 aliphatic heterocycles. The number of nitrogens with one attached hydrogen (secondary N) is 1. The second-order valence-corrected chi connectivity index (χ2v) is 8.59. The maximum atomic E-state index is 12.9. The second kappa shape index (κ2) is 8.49. The SMILES string of the molecule is CC(c1ccc(-n2cncn2)cc1)N(C)Cc1nc2scc(-c3ccccc3)c2c(=O)[nH]1. The average molecular weight is 443 g/mol. The van der Waals surface area contributed by atoms with E-state index in [4.69, 9.17) is 4.98 Å². The monoisotopic (exact) mass is 442 g/mol. The first-order valence-electron chi connectivity index (χ1n) is 10.3. The minimum Gasteiger partial charge on any atom is -0.309 e. The number of hydrogen-bond donors (Lipinski definition) is 1. The first-order chi connectivity index (χ1) is 15.6. The first kappa shape index (κ1) is 20.3. The highest BCUT2D eigenvalue weighted by atomic mass is 32.1. The van der Waals surface area contributed by atoms with Gasteiger partial charge >= 0.3 is 0 Å². The lowest BCUT2D eigenvalue weighted by atomic mass is 10.1. The van der Waals surface area contributed by atoms with Crippen molar-refractivity contribution >= 4 is 21.6 Å². The summed E-state index contributed by atoms with van der Waals surface area (Å²) in [5.41, 5.74) is 3.99. The van der Waals surface area contributed by atoms with Crippen LogP contribution in [0.3, 0.4) is 0 Å². The van der Waals surface area contributed by atoms with Gasteiger partial charge < -0.3 is 4.98 Å². The molecule has 3 aromatic heterocycles. The van der Waals surface area contributed by atoms with E-state index in [1.807, 2.05) is 54.9 Å². The predicted octanol–water partition coefficient (Wildman–Crippen LogP) is 4.43. The van der Waals surface area contributed by atoms with Crippen LogP contribution in [0.15, 0.2) is 77.4 Å². The Kier molecular flexibility index (Phi) is 5.38. The Morgan fingerprint density at radius 3 is 2.62 bits per heavy atom. The predicted molar refractivity (Wildman–Crippen MR) is 127 cm³/mol. The number of fused-ring (bicyclic) bond motifs is 1. The van der Waals surface area contributed by atoms with Crippen molar-refractivity contribution in [3.8, 4) is 16.8 Å². The molecule has 0 bridgehead atoms. The van der Waals surface area contributed by atoms with Crippen LogP contribution in [0.2, 0.25) is 0 Å². The van der Waals surface area contributed by atoms with E-state index in [1.165, 1.54) is 23.2 Å². The third-order valence-electron chi connectivity index (χ3n) is 5.70. The summed E-state index contributed by atoms with van der Waals surface area (Å²) in [6.45, 7) is 2.68. The van der Waals surface area contributed by atoms with Crippen molar-refractivity contribution < 1.29 is 0 Å². The van der Waals surface area contributed by atoms with Crippen LogP contribution >= 0.6 is 11.3 Å². The smallest absolute Gasteiger partial charge is 0.260 e. The van der Waals surface area contributed by atoms with Crippen LogP contribution in [0.1, 0.15) is 24.4 Å². The van der Waals surface area contributed by atoms with Gasteiger partial charge in [0.05, 0.1) is 17.6 Å². The van der Waals surface area contributed by atoms with Crippen molar-refractivity contribution in [3.05, 3.63) is 94.4 Å². The summed E-state index contributed by atoms with van der Waals surface area (Å²) >= 11 is 1.51. The van der Waals surface area contributed by atoms with Gasteiger partial charge in [0.25, 0.3) is 5.56 Å². The zero-order valence-corrected chi connectivity index (χ0v) is 18.6. The number of aromatic nitrogens is 5. The molecule has 2 aromatic carbocycles. The van der Waals surface area contributed by atoms with E-state index in [1.54, 1.807) is 11.0 Å². The zero-order chi connectivity index (χ0) is 22.1. The van der Waals surface area contributed by atoms with E-state index in [-0.39, 0.29) is 11.6 Å². The topological polar surface area (TPSA) is 79.7 Å². The van der Waals surface area contributed by atoms with Gasteiger partial charge in [-0.05, 0) is 37.2 Å². The second-order valence-electron chi connectivity index (χ2n) is 7.73. The minimum absolute atomic E-state index is 0.0941. The summed E-state index contributed by atoms with van der Waals surface area (Å²) in [5, 5.41) is 6.83. The summed E-state index contributed by atoms with van der Waals surface area (Å²) in [4.78, 5) is 27.6. The van der Waals surface area contributed by atoms with Crippen LogP contribution < -0.4 is 5.56 Å². The molecule has 0 spiro atoms.